The fourth-order valence-corrected chi connectivity index (χ4v) is 2.39. The number of likely N-dealkylation sites (tertiary alicyclic amines) is 2. The molecule has 3 nitrogen and oxygen atoms in total. The molecule has 2 atom stereocenters. The lowest BCUT2D eigenvalue weighted by Gasteiger charge is -2.36. The Morgan fingerprint density at radius 1 is 1.38 bits per heavy atom. The van der Waals surface area contributed by atoms with Gasteiger partial charge in [0.25, 0.3) is 0 Å². The number of nitrogens with zero attached hydrogens (tertiary/aromatic N) is 2. The zero-order chi connectivity index (χ0) is 9.26. The number of hydrogen-bond donors (Lipinski definition) is 1. The molecule has 2 saturated heterocycles. The first-order valence-corrected chi connectivity index (χ1v) is 5.47. The van der Waals surface area contributed by atoms with Gasteiger partial charge >= 0.3 is 0 Å². The summed E-state index contributed by atoms with van der Waals surface area (Å²) in [7, 11) is 0. The van der Waals surface area contributed by atoms with Crippen LogP contribution in [0.2, 0.25) is 0 Å². The first-order valence-electron chi connectivity index (χ1n) is 5.47. The fraction of sp³-hybridized carbons (Fsp3) is 1.00. The largest absolute Gasteiger partial charge is 0.327 e. The molecule has 2 aliphatic rings. The summed E-state index contributed by atoms with van der Waals surface area (Å²) >= 11 is 0. The van der Waals surface area contributed by atoms with Gasteiger partial charge in [0.1, 0.15) is 0 Å². The molecule has 0 bridgehead atoms. The van der Waals surface area contributed by atoms with E-state index in [1.807, 2.05) is 0 Å². The smallest absolute Gasteiger partial charge is 0.0235 e. The van der Waals surface area contributed by atoms with Gasteiger partial charge in [0.2, 0.25) is 0 Å². The molecule has 2 heterocycles. The minimum absolute atomic E-state index is 0.329. The Morgan fingerprint density at radius 2 is 2.15 bits per heavy atom. The third-order valence-electron chi connectivity index (χ3n) is 3.20. The minimum Gasteiger partial charge on any atom is -0.327 e. The summed E-state index contributed by atoms with van der Waals surface area (Å²) in [5, 5.41) is 0. The second kappa shape index (κ2) is 3.95. The lowest BCUT2D eigenvalue weighted by molar-refractivity contribution is 0.119. The molecule has 2 unspecified atom stereocenters. The normalized spacial score (nSPS) is 33.2. The summed E-state index contributed by atoms with van der Waals surface area (Å²) in [5.41, 5.74) is 5.78. The van der Waals surface area contributed by atoms with Crippen molar-refractivity contribution in [2.45, 2.75) is 31.8 Å². The van der Waals surface area contributed by atoms with Gasteiger partial charge in [0, 0.05) is 25.2 Å². The van der Waals surface area contributed by atoms with Crippen LogP contribution >= 0.6 is 0 Å². The molecule has 3 heteroatoms. The molecular weight excluding hydrogens is 162 g/mol. The van der Waals surface area contributed by atoms with Crippen LogP contribution in [-0.2, 0) is 0 Å². The standard InChI is InChI=1S/C10H21N3/c1-9(11)7-12-6-3-10(8-12)13-4-2-5-13/h9-10H,2-8,11H2,1H3. The molecule has 2 aliphatic heterocycles. The molecule has 0 spiro atoms. The second-order valence-corrected chi connectivity index (χ2v) is 4.57. The van der Waals surface area contributed by atoms with Crippen molar-refractivity contribution in [2.75, 3.05) is 32.7 Å². The van der Waals surface area contributed by atoms with E-state index in [0.29, 0.717) is 6.04 Å². The predicted octanol–water partition coefficient (Wildman–Crippen LogP) is 0.114. The molecule has 0 radical (unpaired) electrons. The Morgan fingerprint density at radius 3 is 2.69 bits per heavy atom. The van der Waals surface area contributed by atoms with Crippen molar-refractivity contribution < 1.29 is 0 Å². The van der Waals surface area contributed by atoms with Gasteiger partial charge in [-0.25, -0.2) is 0 Å². The third kappa shape index (κ3) is 2.22. The van der Waals surface area contributed by atoms with Crippen LogP contribution in [0.25, 0.3) is 0 Å². The molecule has 0 saturated carbocycles. The summed E-state index contributed by atoms with van der Waals surface area (Å²) in [6, 6.07) is 1.17. The highest BCUT2D eigenvalue weighted by molar-refractivity contribution is 4.87. The van der Waals surface area contributed by atoms with Gasteiger partial charge in [0.15, 0.2) is 0 Å². The molecule has 2 rings (SSSR count). The molecular formula is C10H21N3. The average molecular weight is 183 g/mol. The van der Waals surface area contributed by atoms with E-state index in [0.717, 1.165) is 12.6 Å². The SMILES string of the molecule is CC(N)CN1CCC(N2CCC2)C1. The topological polar surface area (TPSA) is 32.5 Å². The molecule has 2 N–H and O–H groups in total. The van der Waals surface area contributed by atoms with Crippen molar-refractivity contribution in [1.82, 2.24) is 9.80 Å². The number of hydrogen-bond acceptors (Lipinski definition) is 3. The van der Waals surface area contributed by atoms with Crippen LogP contribution in [0.4, 0.5) is 0 Å². The maximum Gasteiger partial charge on any atom is 0.0235 e. The zero-order valence-corrected chi connectivity index (χ0v) is 8.58. The third-order valence-corrected chi connectivity index (χ3v) is 3.20. The Balaban J connectivity index is 1.73. The lowest BCUT2D eigenvalue weighted by Crippen LogP contribution is -2.46. The van der Waals surface area contributed by atoms with Crippen molar-refractivity contribution in [3.63, 3.8) is 0 Å². The van der Waals surface area contributed by atoms with E-state index >= 15 is 0 Å². The highest BCUT2D eigenvalue weighted by Gasteiger charge is 2.30. The molecule has 2 fully saturated rings. The zero-order valence-electron chi connectivity index (χ0n) is 8.58. The summed E-state index contributed by atoms with van der Waals surface area (Å²) in [6.07, 6.45) is 2.76. The quantitative estimate of drug-likeness (QED) is 0.674. The Kier molecular flexibility index (Phi) is 2.86. The Hall–Kier alpha value is -0.120. The maximum atomic E-state index is 5.78. The van der Waals surface area contributed by atoms with Gasteiger partial charge in [-0.1, -0.05) is 0 Å². The van der Waals surface area contributed by atoms with Crippen molar-refractivity contribution in [2.24, 2.45) is 5.73 Å². The predicted molar refractivity (Wildman–Crippen MR) is 54.7 cm³/mol. The fourth-order valence-electron chi connectivity index (χ4n) is 2.39. The number of rotatable bonds is 3. The highest BCUT2D eigenvalue weighted by Crippen LogP contribution is 2.20. The molecule has 0 aliphatic carbocycles. The van der Waals surface area contributed by atoms with Gasteiger partial charge < -0.3 is 10.6 Å². The van der Waals surface area contributed by atoms with E-state index < -0.39 is 0 Å². The molecule has 13 heavy (non-hydrogen) atoms. The van der Waals surface area contributed by atoms with Crippen molar-refractivity contribution in [1.29, 1.82) is 0 Å². The van der Waals surface area contributed by atoms with Crippen LogP contribution in [0.5, 0.6) is 0 Å². The van der Waals surface area contributed by atoms with E-state index in [9.17, 15) is 0 Å². The molecule has 0 aromatic rings. The second-order valence-electron chi connectivity index (χ2n) is 4.57. The van der Waals surface area contributed by atoms with Crippen LogP contribution in [-0.4, -0.2) is 54.6 Å². The highest BCUT2D eigenvalue weighted by atomic mass is 15.3. The Bertz CT molecular complexity index is 166. The summed E-state index contributed by atoms with van der Waals surface area (Å²) < 4.78 is 0. The summed E-state index contributed by atoms with van der Waals surface area (Å²) in [4.78, 5) is 5.12. The van der Waals surface area contributed by atoms with E-state index in [1.54, 1.807) is 0 Å². The summed E-state index contributed by atoms with van der Waals surface area (Å²) in [6.45, 7) is 8.33. The first-order chi connectivity index (χ1) is 6.25. The molecule has 0 aromatic heterocycles. The van der Waals surface area contributed by atoms with Gasteiger partial charge in [-0.3, -0.25) is 4.90 Å². The monoisotopic (exact) mass is 183 g/mol. The molecule has 0 amide bonds. The Labute approximate surface area is 80.9 Å². The molecule has 0 aromatic carbocycles. The van der Waals surface area contributed by atoms with Gasteiger partial charge in [-0.05, 0) is 39.4 Å². The van der Waals surface area contributed by atoms with Gasteiger partial charge in [-0.15, -0.1) is 0 Å². The molecule has 76 valence electrons. The van der Waals surface area contributed by atoms with E-state index in [2.05, 4.69) is 16.7 Å². The minimum atomic E-state index is 0.329. The maximum absolute atomic E-state index is 5.78. The van der Waals surface area contributed by atoms with Crippen molar-refractivity contribution >= 4 is 0 Å². The van der Waals surface area contributed by atoms with Crippen LogP contribution in [0.1, 0.15) is 19.8 Å². The van der Waals surface area contributed by atoms with E-state index in [1.165, 1.54) is 39.0 Å². The summed E-state index contributed by atoms with van der Waals surface area (Å²) in [5.74, 6) is 0. The van der Waals surface area contributed by atoms with Crippen LogP contribution in [0, 0.1) is 0 Å². The average Bonchev–Trinajstić information content (AvgIpc) is 2.31. The van der Waals surface area contributed by atoms with Crippen LogP contribution in [0.15, 0.2) is 0 Å². The van der Waals surface area contributed by atoms with Crippen molar-refractivity contribution in [3.05, 3.63) is 0 Å². The van der Waals surface area contributed by atoms with Gasteiger partial charge in [0.05, 0.1) is 0 Å². The first kappa shape index (κ1) is 9.44. The van der Waals surface area contributed by atoms with E-state index in [-0.39, 0.29) is 0 Å². The number of nitrogens with two attached hydrogens (primary N) is 1. The lowest BCUT2D eigenvalue weighted by atomic mass is 10.1. The van der Waals surface area contributed by atoms with E-state index in [4.69, 9.17) is 5.73 Å². The van der Waals surface area contributed by atoms with Crippen LogP contribution in [0.3, 0.4) is 0 Å². The van der Waals surface area contributed by atoms with Crippen molar-refractivity contribution in [3.8, 4) is 0 Å². The van der Waals surface area contributed by atoms with Gasteiger partial charge in [-0.2, -0.15) is 0 Å². The van der Waals surface area contributed by atoms with Crippen LogP contribution < -0.4 is 5.73 Å².